The van der Waals surface area contributed by atoms with Gasteiger partial charge in [0.1, 0.15) is 0 Å². The van der Waals surface area contributed by atoms with Crippen LogP contribution in [0.5, 0.6) is 0 Å². The summed E-state index contributed by atoms with van der Waals surface area (Å²) in [5.41, 5.74) is 1.36. The van der Waals surface area contributed by atoms with E-state index in [1.807, 2.05) is 0 Å². The Kier molecular flexibility index (Phi) is 6.64. The molecule has 116 valence electrons. The standard InChI is InChI=1S/C17H26N2OS/c1-18(2)8-9-19(3)10-12-20-11-6-15-4-5-17-16(14-15)7-13-21-17/h4-5,7,13-14H,6,8-12H2,1-3H3. The van der Waals surface area contributed by atoms with Crippen LogP contribution in [-0.2, 0) is 11.2 Å². The fourth-order valence-corrected chi connectivity index (χ4v) is 2.94. The minimum absolute atomic E-state index is 0.803. The summed E-state index contributed by atoms with van der Waals surface area (Å²) in [5.74, 6) is 0. The van der Waals surface area contributed by atoms with Gasteiger partial charge in [0.15, 0.2) is 0 Å². The molecule has 0 N–H and O–H groups in total. The molecule has 0 saturated heterocycles. The molecule has 0 aliphatic heterocycles. The van der Waals surface area contributed by atoms with Crippen LogP contribution in [0.2, 0.25) is 0 Å². The molecule has 3 nitrogen and oxygen atoms in total. The Bertz CT molecular complexity index is 538. The Balaban J connectivity index is 1.61. The lowest BCUT2D eigenvalue weighted by Crippen LogP contribution is -2.31. The number of nitrogens with zero attached hydrogens (tertiary/aromatic N) is 2. The second-order valence-electron chi connectivity index (χ2n) is 5.76. The molecule has 0 radical (unpaired) electrons. The van der Waals surface area contributed by atoms with Gasteiger partial charge in [0, 0.05) is 24.3 Å². The highest BCUT2D eigenvalue weighted by atomic mass is 32.1. The Morgan fingerprint density at radius 3 is 2.67 bits per heavy atom. The number of hydrogen-bond acceptors (Lipinski definition) is 4. The van der Waals surface area contributed by atoms with Gasteiger partial charge in [-0.15, -0.1) is 11.3 Å². The van der Waals surface area contributed by atoms with E-state index in [-0.39, 0.29) is 0 Å². The summed E-state index contributed by atoms with van der Waals surface area (Å²) in [6.45, 7) is 4.79. The first-order valence-electron chi connectivity index (χ1n) is 7.52. The van der Waals surface area contributed by atoms with Gasteiger partial charge in [-0.1, -0.05) is 12.1 Å². The van der Waals surface area contributed by atoms with Crippen molar-refractivity contribution in [2.75, 3.05) is 54.0 Å². The largest absolute Gasteiger partial charge is 0.380 e. The Hall–Kier alpha value is -0.940. The highest BCUT2D eigenvalue weighted by Gasteiger charge is 2.00. The second-order valence-corrected chi connectivity index (χ2v) is 6.71. The van der Waals surface area contributed by atoms with E-state index >= 15 is 0 Å². The maximum Gasteiger partial charge on any atom is 0.0593 e. The normalized spacial score (nSPS) is 11.9. The van der Waals surface area contributed by atoms with Crippen molar-refractivity contribution < 1.29 is 4.74 Å². The van der Waals surface area contributed by atoms with Crippen molar-refractivity contribution in [3.05, 3.63) is 35.2 Å². The summed E-state index contributed by atoms with van der Waals surface area (Å²) in [6.07, 6.45) is 0.993. The molecule has 0 aliphatic carbocycles. The number of likely N-dealkylation sites (N-methyl/N-ethyl adjacent to an activating group) is 2. The summed E-state index contributed by atoms with van der Waals surface area (Å²) < 4.78 is 7.12. The molecule has 0 amide bonds. The van der Waals surface area contributed by atoms with Gasteiger partial charge >= 0.3 is 0 Å². The minimum atomic E-state index is 0.803. The quantitative estimate of drug-likeness (QED) is 0.663. The van der Waals surface area contributed by atoms with Crippen molar-refractivity contribution in [3.8, 4) is 0 Å². The zero-order chi connectivity index (χ0) is 15.1. The number of hydrogen-bond donors (Lipinski definition) is 0. The monoisotopic (exact) mass is 306 g/mol. The molecule has 0 unspecified atom stereocenters. The van der Waals surface area contributed by atoms with Crippen molar-refractivity contribution in [2.45, 2.75) is 6.42 Å². The van der Waals surface area contributed by atoms with E-state index in [2.05, 4.69) is 60.6 Å². The van der Waals surface area contributed by atoms with E-state index in [0.29, 0.717) is 0 Å². The summed E-state index contributed by atoms with van der Waals surface area (Å²) in [7, 11) is 6.36. The van der Waals surface area contributed by atoms with Gasteiger partial charge in [-0.25, -0.2) is 0 Å². The first-order valence-corrected chi connectivity index (χ1v) is 8.40. The predicted molar refractivity (Wildman–Crippen MR) is 92.4 cm³/mol. The third-order valence-corrected chi connectivity index (χ3v) is 4.50. The molecule has 0 saturated carbocycles. The highest BCUT2D eigenvalue weighted by molar-refractivity contribution is 7.17. The topological polar surface area (TPSA) is 15.7 Å². The highest BCUT2D eigenvalue weighted by Crippen LogP contribution is 2.21. The van der Waals surface area contributed by atoms with E-state index in [4.69, 9.17) is 4.74 Å². The molecule has 2 aromatic rings. The fraction of sp³-hybridized carbons (Fsp3) is 0.529. The average Bonchev–Trinajstić information content (AvgIpc) is 2.92. The number of rotatable bonds is 9. The summed E-state index contributed by atoms with van der Waals surface area (Å²) >= 11 is 1.80. The molecule has 1 heterocycles. The van der Waals surface area contributed by atoms with E-state index < -0.39 is 0 Å². The summed E-state index contributed by atoms with van der Waals surface area (Å²) in [5, 5.41) is 3.50. The minimum Gasteiger partial charge on any atom is -0.380 e. The van der Waals surface area contributed by atoms with Gasteiger partial charge in [0.25, 0.3) is 0 Å². The van der Waals surface area contributed by atoms with Crippen LogP contribution < -0.4 is 0 Å². The van der Waals surface area contributed by atoms with Gasteiger partial charge in [-0.05, 0) is 56.0 Å². The first kappa shape index (κ1) is 16.4. The van der Waals surface area contributed by atoms with Crippen LogP contribution in [0.4, 0.5) is 0 Å². The summed E-state index contributed by atoms with van der Waals surface area (Å²) in [6, 6.07) is 8.89. The maximum atomic E-state index is 5.76. The maximum absolute atomic E-state index is 5.76. The molecular weight excluding hydrogens is 280 g/mol. The molecule has 2 rings (SSSR count). The predicted octanol–water partition coefficient (Wildman–Crippen LogP) is 2.95. The number of benzene rings is 1. The smallest absolute Gasteiger partial charge is 0.0593 e. The van der Waals surface area contributed by atoms with Crippen LogP contribution in [0.15, 0.2) is 29.6 Å². The van der Waals surface area contributed by atoms with E-state index in [9.17, 15) is 0 Å². The van der Waals surface area contributed by atoms with Crippen molar-refractivity contribution in [1.29, 1.82) is 0 Å². The first-order chi connectivity index (χ1) is 10.1. The molecule has 21 heavy (non-hydrogen) atoms. The van der Waals surface area contributed by atoms with Gasteiger partial charge < -0.3 is 14.5 Å². The van der Waals surface area contributed by atoms with Crippen LogP contribution in [0.1, 0.15) is 5.56 Å². The average molecular weight is 306 g/mol. The SMILES string of the molecule is CN(C)CCN(C)CCOCCc1ccc2sccc2c1. The van der Waals surface area contributed by atoms with E-state index in [1.165, 1.54) is 15.6 Å². The van der Waals surface area contributed by atoms with Gasteiger partial charge in [0.05, 0.1) is 13.2 Å². The lowest BCUT2D eigenvalue weighted by Gasteiger charge is -2.19. The molecule has 0 fully saturated rings. The molecule has 0 spiro atoms. The van der Waals surface area contributed by atoms with Crippen molar-refractivity contribution in [1.82, 2.24) is 9.80 Å². The summed E-state index contributed by atoms with van der Waals surface area (Å²) in [4.78, 5) is 4.52. The molecule has 1 aromatic heterocycles. The molecule has 4 heteroatoms. The van der Waals surface area contributed by atoms with Crippen LogP contribution >= 0.6 is 11.3 Å². The zero-order valence-electron chi connectivity index (χ0n) is 13.3. The van der Waals surface area contributed by atoms with Gasteiger partial charge in [-0.3, -0.25) is 0 Å². The van der Waals surface area contributed by atoms with E-state index in [1.54, 1.807) is 11.3 Å². The van der Waals surface area contributed by atoms with Crippen molar-refractivity contribution >= 4 is 21.4 Å². The fourth-order valence-electron chi connectivity index (χ4n) is 2.17. The van der Waals surface area contributed by atoms with Crippen LogP contribution in [-0.4, -0.2) is 63.8 Å². The van der Waals surface area contributed by atoms with Crippen LogP contribution in [0.25, 0.3) is 10.1 Å². The zero-order valence-corrected chi connectivity index (χ0v) is 14.2. The molecule has 0 atom stereocenters. The Labute approximate surface area is 132 Å². The molecular formula is C17H26N2OS. The third-order valence-electron chi connectivity index (χ3n) is 3.60. The molecule has 0 aliphatic rings. The van der Waals surface area contributed by atoms with Crippen molar-refractivity contribution in [3.63, 3.8) is 0 Å². The molecule has 0 bridgehead atoms. The number of fused-ring (bicyclic) bond motifs is 1. The van der Waals surface area contributed by atoms with Crippen LogP contribution in [0.3, 0.4) is 0 Å². The van der Waals surface area contributed by atoms with Crippen LogP contribution in [0, 0.1) is 0 Å². The van der Waals surface area contributed by atoms with Gasteiger partial charge in [0.2, 0.25) is 0 Å². The number of thiophene rings is 1. The second kappa shape index (κ2) is 8.49. The van der Waals surface area contributed by atoms with Crippen molar-refractivity contribution in [2.24, 2.45) is 0 Å². The third kappa shape index (κ3) is 5.75. The lowest BCUT2D eigenvalue weighted by molar-refractivity contribution is 0.112. The Morgan fingerprint density at radius 1 is 1.00 bits per heavy atom. The van der Waals surface area contributed by atoms with E-state index in [0.717, 1.165) is 39.3 Å². The number of ether oxygens (including phenoxy) is 1. The molecule has 1 aromatic carbocycles. The lowest BCUT2D eigenvalue weighted by atomic mass is 10.1. The Morgan fingerprint density at radius 2 is 1.86 bits per heavy atom. The van der Waals surface area contributed by atoms with Gasteiger partial charge in [-0.2, -0.15) is 0 Å².